The molecule has 34 heavy (non-hydrogen) atoms. The normalized spacial score (nSPS) is 18.9. The Balaban J connectivity index is 1.20. The van der Waals surface area contributed by atoms with E-state index in [1.807, 2.05) is 54.6 Å². The predicted octanol–water partition coefficient (Wildman–Crippen LogP) is 2.84. The van der Waals surface area contributed by atoms with Crippen LogP contribution in [0.4, 0.5) is 0 Å². The number of carbonyl (C=O) groups is 2. The van der Waals surface area contributed by atoms with Crippen LogP contribution in [0.15, 0.2) is 54.6 Å². The van der Waals surface area contributed by atoms with Crippen molar-refractivity contribution in [1.82, 2.24) is 15.1 Å². The average Bonchev–Trinajstić information content (AvgIpc) is 3.24. The van der Waals surface area contributed by atoms with E-state index in [1.54, 1.807) is 4.90 Å². The van der Waals surface area contributed by atoms with Crippen LogP contribution in [0.5, 0.6) is 5.75 Å². The molecule has 0 saturated carbocycles. The van der Waals surface area contributed by atoms with Crippen molar-refractivity contribution in [1.29, 1.82) is 0 Å². The highest BCUT2D eigenvalue weighted by atomic mass is 16.5. The van der Waals surface area contributed by atoms with Crippen molar-refractivity contribution in [2.24, 2.45) is 5.92 Å². The molecule has 2 heterocycles. The van der Waals surface area contributed by atoms with Crippen molar-refractivity contribution in [3.8, 4) is 5.75 Å². The molecule has 0 aromatic heterocycles. The molecule has 0 radical (unpaired) electrons. The highest BCUT2D eigenvalue weighted by Gasteiger charge is 2.34. The number of nitrogens with one attached hydrogen (secondary N) is 1. The molecular formula is C27H35N3O4. The maximum Gasteiger partial charge on any atom is 0.225 e. The molecule has 0 bridgehead atoms. The summed E-state index contributed by atoms with van der Waals surface area (Å²) < 4.78 is 11.4. The zero-order chi connectivity index (χ0) is 23.8. The van der Waals surface area contributed by atoms with Gasteiger partial charge in [0.05, 0.1) is 5.92 Å². The lowest BCUT2D eigenvalue weighted by atomic mass is 10.1. The van der Waals surface area contributed by atoms with Gasteiger partial charge in [-0.3, -0.25) is 14.5 Å². The van der Waals surface area contributed by atoms with Gasteiger partial charge >= 0.3 is 0 Å². The summed E-state index contributed by atoms with van der Waals surface area (Å²) >= 11 is 0. The molecule has 2 aromatic carbocycles. The maximum atomic E-state index is 12.7. The highest BCUT2D eigenvalue weighted by Crippen LogP contribution is 2.21. The number of benzene rings is 2. The fraction of sp³-hybridized carbons (Fsp3) is 0.481. The van der Waals surface area contributed by atoms with E-state index in [4.69, 9.17) is 9.47 Å². The van der Waals surface area contributed by atoms with Crippen LogP contribution in [0, 0.1) is 5.92 Å². The van der Waals surface area contributed by atoms with Crippen molar-refractivity contribution in [2.75, 3.05) is 40.0 Å². The van der Waals surface area contributed by atoms with Gasteiger partial charge in [-0.05, 0) is 43.1 Å². The number of carbonyl (C=O) groups excluding carboxylic acids is 2. The van der Waals surface area contributed by atoms with E-state index in [2.05, 4.69) is 17.3 Å². The Morgan fingerprint density at radius 3 is 2.68 bits per heavy atom. The number of likely N-dealkylation sites (tertiary alicyclic amines) is 1. The fourth-order valence-corrected chi connectivity index (χ4v) is 4.60. The molecule has 4 rings (SSSR count). The van der Waals surface area contributed by atoms with Gasteiger partial charge in [0.2, 0.25) is 11.8 Å². The summed E-state index contributed by atoms with van der Waals surface area (Å²) in [5.74, 6) is 0.451. The smallest absolute Gasteiger partial charge is 0.225 e. The summed E-state index contributed by atoms with van der Waals surface area (Å²) in [7, 11) is 2.14. The molecular weight excluding hydrogens is 430 g/mol. The summed E-state index contributed by atoms with van der Waals surface area (Å²) in [5.41, 5.74) is 2.06. The number of hydrogen-bond donors (Lipinski definition) is 1. The lowest BCUT2D eigenvalue weighted by Gasteiger charge is -2.31. The van der Waals surface area contributed by atoms with E-state index < -0.39 is 0 Å². The Bertz CT molecular complexity index is 946. The summed E-state index contributed by atoms with van der Waals surface area (Å²) in [6, 6.07) is 18.3. The van der Waals surface area contributed by atoms with Gasteiger partial charge in [-0.25, -0.2) is 0 Å². The van der Waals surface area contributed by atoms with Gasteiger partial charge in [0, 0.05) is 51.9 Å². The molecule has 2 saturated heterocycles. The summed E-state index contributed by atoms with van der Waals surface area (Å²) in [6.45, 7) is 4.58. The molecule has 7 heteroatoms. The number of hydrogen-bond acceptors (Lipinski definition) is 5. The van der Waals surface area contributed by atoms with Gasteiger partial charge in [-0.1, -0.05) is 42.5 Å². The Morgan fingerprint density at radius 1 is 1.12 bits per heavy atom. The van der Waals surface area contributed by atoms with Crippen LogP contribution in [0.3, 0.4) is 0 Å². The van der Waals surface area contributed by atoms with Crippen LogP contribution in [0.1, 0.15) is 30.4 Å². The van der Waals surface area contributed by atoms with Crippen LogP contribution in [0.2, 0.25) is 0 Å². The first-order valence-electron chi connectivity index (χ1n) is 12.2. The minimum absolute atomic E-state index is 0.0325. The van der Waals surface area contributed by atoms with Gasteiger partial charge in [0.1, 0.15) is 12.4 Å². The lowest BCUT2D eigenvalue weighted by molar-refractivity contribution is -0.129. The van der Waals surface area contributed by atoms with Crippen LogP contribution in [-0.2, 0) is 27.4 Å². The second kappa shape index (κ2) is 12.0. The molecule has 182 valence electrons. The molecule has 2 aromatic rings. The molecule has 1 atom stereocenters. The molecule has 0 spiro atoms. The first-order valence-corrected chi connectivity index (χ1v) is 12.2. The van der Waals surface area contributed by atoms with Gasteiger partial charge in [-0.15, -0.1) is 0 Å². The molecule has 2 amide bonds. The summed E-state index contributed by atoms with van der Waals surface area (Å²) in [6.07, 6.45) is 2.41. The Hall–Kier alpha value is -2.90. The minimum atomic E-state index is -0.309. The van der Waals surface area contributed by atoms with Crippen molar-refractivity contribution >= 4 is 11.8 Å². The average molecular weight is 466 g/mol. The van der Waals surface area contributed by atoms with Crippen molar-refractivity contribution in [3.63, 3.8) is 0 Å². The van der Waals surface area contributed by atoms with Gasteiger partial charge in [0.15, 0.2) is 0 Å². The molecule has 2 aliphatic heterocycles. The summed E-state index contributed by atoms with van der Waals surface area (Å²) in [4.78, 5) is 29.2. The molecule has 2 fully saturated rings. The minimum Gasteiger partial charge on any atom is -0.492 e. The SMILES string of the molecule is CN(CCOc1cccc(CNC(=O)C2CC(=O)N(Cc3ccccc3)C2)c1)C1CCOCC1. The van der Waals surface area contributed by atoms with Crippen LogP contribution in [-0.4, -0.2) is 67.6 Å². The lowest BCUT2D eigenvalue weighted by Crippen LogP contribution is -2.38. The van der Waals surface area contributed by atoms with Crippen molar-refractivity contribution in [2.45, 2.75) is 38.4 Å². The molecule has 0 aliphatic carbocycles. The van der Waals surface area contributed by atoms with E-state index in [-0.39, 0.29) is 24.2 Å². The Labute approximate surface area is 202 Å². The standard InChI is InChI=1S/C27H35N3O4/c1-29(24-10-13-33-14-11-24)12-15-34-25-9-5-8-22(16-25)18-28-27(32)23-17-26(31)30(20-23)19-21-6-3-2-4-7-21/h2-9,16,23-24H,10-15,17-20H2,1H3,(H,28,32). The number of rotatable bonds is 10. The molecule has 1 N–H and O–H groups in total. The molecule has 7 nitrogen and oxygen atoms in total. The Kier molecular flexibility index (Phi) is 8.55. The Morgan fingerprint density at radius 2 is 1.88 bits per heavy atom. The zero-order valence-electron chi connectivity index (χ0n) is 19.9. The molecule has 1 unspecified atom stereocenters. The second-order valence-corrected chi connectivity index (χ2v) is 9.20. The van der Waals surface area contributed by atoms with E-state index in [1.165, 1.54) is 0 Å². The van der Waals surface area contributed by atoms with Gasteiger partial charge in [-0.2, -0.15) is 0 Å². The fourth-order valence-electron chi connectivity index (χ4n) is 4.60. The third kappa shape index (κ3) is 6.81. The van der Waals surface area contributed by atoms with Gasteiger partial charge < -0.3 is 19.7 Å². The third-order valence-electron chi connectivity index (χ3n) is 6.69. The van der Waals surface area contributed by atoms with E-state index >= 15 is 0 Å². The second-order valence-electron chi connectivity index (χ2n) is 9.20. The number of amides is 2. The van der Waals surface area contributed by atoms with Crippen molar-refractivity contribution in [3.05, 3.63) is 65.7 Å². The number of likely N-dealkylation sites (N-methyl/N-ethyl adjacent to an activating group) is 1. The van der Waals surface area contributed by atoms with Gasteiger partial charge in [0.25, 0.3) is 0 Å². The quantitative estimate of drug-likeness (QED) is 0.584. The third-order valence-corrected chi connectivity index (χ3v) is 6.69. The summed E-state index contributed by atoms with van der Waals surface area (Å²) in [5, 5.41) is 3.00. The highest BCUT2D eigenvalue weighted by molar-refractivity contribution is 5.89. The van der Waals surface area contributed by atoms with E-state index in [0.717, 1.165) is 49.5 Å². The van der Waals surface area contributed by atoms with Crippen LogP contribution < -0.4 is 10.1 Å². The zero-order valence-corrected chi connectivity index (χ0v) is 19.9. The topological polar surface area (TPSA) is 71.1 Å². The van der Waals surface area contributed by atoms with Crippen LogP contribution >= 0.6 is 0 Å². The first kappa shape index (κ1) is 24.2. The predicted molar refractivity (Wildman–Crippen MR) is 130 cm³/mol. The van der Waals surface area contributed by atoms with Crippen LogP contribution in [0.25, 0.3) is 0 Å². The number of ether oxygens (including phenoxy) is 2. The molecule has 2 aliphatic rings. The monoisotopic (exact) mass is 465 g/mol. The first-order chi connectivity index (χ1) is 16.6. The van der Waals surface area contributed by atoms with Crippen molar-refractivity contribution < 1.29 is 19.1 Å². The van der Waals surface area contributed by atoms with E-state index in [9.17, 15) is 9.59 Å². The maximum absolute atomic E-state index is 12.7. The number of nitrogens with zero attached hydrogens (tertiary/aromatic N) is 2. The largest absolute Gasteiger partial charge is 0.492 e. The van der Waals surface area contributed by atoms with E-state index in [0.29, 0.717) is 32.3 Å².